The Morgan fingerprint density at radius 1 is 1.11 bits per heavy atom. The van der Waals surface area contributed by atoms with Gasteiger partial charge < -0.3 is 4.57 Å². The molecule has 0 bridgehead atoms. The van der Waals surface area contributed by atoms with Crippen molar-refractivity contribution in [2.45, 2.75) is 38.8 Å². The number of carbonyl (C=O) groups excluding carboxylic acids is 1. The number of carbonyl (C=O) groups is 1. The van der Waals surface area contributed by atoms with Gasteiger partial charge in [-0.25, -0.2) is 10.4 Å². The molecular formula is C29H31IN5OP. The molecule has 2 aliphatic rings. The first-order valence-corrected chi connectivity index (χ1v) is 16.9. The number of nitrogens with one attached hydrogen (secondary N) is 1. The van der Waals surface area contributed by atoms with Gasteiger partial charge in [-0.15, -0.1) is 0 Å². The van der Waals surface area contributed by atoms with Crippen LogP contribution in [0.15, 0.2) is 60.8 Å². The summed E-state index contributed by atoms with van der Waals surface area (Å²) >= 11 is 2.42. The number of rotatable bonds is 6. The number of hydrazine groups is 1. The third-order valence-electron chi connectivity index (χ3n) is 7.93. The number of halogens is 1. The van der Waals surface area contributed by atoms with Crippen molar-refractivity contribution in [3.05, 3.63) is 83.2 Å². The molecule has 2 aromatic heterocycles. The maximum absolute atomic E-state index is 11.6. The lowest BCUT2D eigenvalue weighted by Crippen LogP contribution is -2.33. The van der Waals surface area contributed by atoms with Gasteiger partial charge in [-0.3, -0.25) is 14.5 Å². The SMILES string of the molecule is CC(=O)c1ccc(C2CCN(Cc3cc4c(-c5ccc6c(c5)CNN6PI)ccnc4n3C)CC2)cc1. The number of hydrogen-bond acceptors (Lipinski definition) is 5. The van der Waals surface area contributed by atoms with Gasteiger partial charge in [0.15, 0.2) is 5.78 Å². The summed E-state index contributed by atoms with van der Waals surface area (Å²) in [6, 6.07) is 19.5. The molecule has 1 unspecified atom stereocenters. The van der Waals surface area contributed by atoms with E-state index in [0.29, 0.717) is 12.3 Å². The van der Waals surface area contributed by atoms with Crippen molar-refractivity contribution in [2.75, 3.05) is 17.9 Å². The normalized spacial score (nSPS) is 16.8. The Morgan fingerprint density at radius 2 is 1.89 bits per heavy atom. The summed E-state index contributed by atoms with van der Waals surface area (Å²) in [7, 11) is 2.14. The van der Waals surface area contributed by atoms with Gasteiger partial charge in [0.2, 0.25) is 0 Å². The van der Waals surface area contributed by atoms with Gasteiger partial charge in [-0.2, -0.15) is 0 Å². The number of fused-ring (bicyclic) bond motifs is 2. The molecule has 0 amide bonds. The van der Waals surface area contributed by atoms with Gasteiger partial charge in [0, 0.05) is 43.0 Å². The van der Waals surface area contributed by atoms with E-state index in [4.69, 9.17) is 4.98 Å². The predicted molar refractivity (Wildman–Crippen MR) is 162 cm³/mol. The van der Waals surface area contributed by atoms with Gasteiger partial charge in [0.25, 0.3) is 0 Å². The Morgan fingerprint density at radius 3 is 2.62 bits per heavy atom. The largest absolute Gasteiger partial charge is 0.331 e. The first kappa shape index (κ1) is 25.0. The summed E-state index contributed by atoms with van der Waals surface area (Å²) in [5.74, 6) is 0.696. The van der Waals surface area contributed by atoms with Crippen LogP contribution in [0.2, 0.25) is 0 Å². The Hall–Kier alpha value is -2.32. The van der Waals surface area contributed by atoms with E-state index in [0.717, 1.165) is 50.2 Å². The molecule has 4 aromatic rings. The highest BCUT2D eigenvalue weighted by Gasteiger charge is 2.23. The maximum Gasteiger partial charge on any atom is 0.159 e. The molecule has 4 heterocycles. The summed E-state index contributed by atoms with van der Waals surface area (Å²) in [5.41, 5.74) is 13.1. The molecule has 1 atom stereocenters. The average Bonchev–Trinajstić information content (AvgIpc) is 3.49. The molecule has 0 radical (unpaired) electrons. The number of Topliss-reactive ketones (excluding diaryl/α,β-unsaturated/α-hetero) is 1. The van der Waals surface area contributed by atoms with Crippen molar-refractivity contribution in [1.29, 1.82) is 0 Å². The van der Waals surface area contributed by atoms with Gasteiger partial charge in [0.05, 0.1) is 12.1 Å². The van der Waals surface area contributed by atoms with Crippen LogP contribution in [0.4, 0.5) is 5.69 Å². The molecule has 6 rings (SSSR count). The minimum absolute atomic E-state index is 0.130. The zero-order valence-corrected chi connectivity index (χ0v) is 24.3. The molecule has 2 aromatic carbocycles. The number of piperidine rings is 1. The van der Waals surface area contributed by atoms with Crippen molar-refractivity contribution < 1.29 is 4.79 Å². The summed E-state index contributed by atoms with van der Waals surface area (Å²) in [4.78, 5) is 18.9. The lowest BCUT2D eigenvalue weighted by molar-refractivity contribution is 0.101. The lowest BCUT2D eigenvalue weighted by atomic mass is 9.88. The van der Waals surface area contributed by atoms with Gasteiger partial charge in [-0.1, -0.05) is 30.3 Å². The second-order valence-corrected chi connectivity index (χ2v) is 12.2. The maximum atomic E-state index is 11.6. The highest BCUT2D eigenvalue weighted by Crippen LogP contribution is 2.40. The third kappa shape index (κ3) is 4.83. The molecule has 2 aliphatic heterocycles. The van der Waals surface area contributed by atoms with Crippen molar-refractivity contribution in [2.24, 2.45) is 7.05 Å². The van der Waals surface area contributed by atoms with Crippen molar-refractivity contribution >= 4 is 50.9 Å². The first-order valence-electron chi connectivity index (χ1n) is 12.8. The van der Waals surface area contributed by atoms with E-state index in [9.17, 15) is 4.79 Å². The number of nitrogens with zero attached hydrogens (tertiary/aromatic N) is 4. The van der Waals surface area contributed by atoms with Crippen LogP contribution in [0.3, 0.4) is 0 Å². The Balaban J connectivity index is 1.19. The minimum Gasteiger partial charge on any atom is -0.331 e. The fourth-order valence-electron chi connectivity index (χ4n) is 5.76. The Bertz CT molecular complexity index is 1460. The Kier molecular flexibility index (Phi) is 7.05. The second kappa shape index (κ2) is 10.4. The minimum atomic E-state index is 0.130. The number of benzene rings is 2. The number of likely N-dealkylation sites (tertiary alicyclic amines) is 1. The van der Waals surface area contributed by atoms with Crippen molar-refractivity contribution in [3.63, 3.8) is 0 Å². The van der Waals surface area contributed by atoms with Crippen LogP contribution in [-0.4, -0.2) is 33.3 Å². The van der Waals surface area contributed by atoms with Gasteiger partial charge in [0.1, 0.15) is 5.65 Å². The molecule has 1 saturated heterocycles. The topological polar surface area (TPSA) is 53.4 Å². The average molecular weight is 623 g/mol. The van der Waals surface area contributed by atoms with Crippen LogP contribution in [0.1, 0.15) is 52.9 Å². The summed E-state index contributed by atoms with van der Waals surface area (Å²) in [5, 5.41) is 1.22. The lowest BCUT2D eigenvalue weighted by Gasteiger charge is -2.32. The summed E-state index contributed by atoms with van der Waals surface area (Å²) in [6.45, 7) is 5.59. The zero-order chi connectivity index (χ0) is 25.5. The van der Waals surface area contributed by atoms with Crippen LogP contribution in [0.25, 0.3) is 22.2 Å². The molecule has 8 heteroatoms. The molecule has 1 fully saturated rings. The van der Waals surface area contributed by atoms with Crippen LogP contribution in [-0.2, 0) is 20.1 Å². The molecule has 0 spiro atoms. The number of pyridine rings is 1. The van der Waals surface area contributed by atoms with Gasteiger partial charge >= 0.3 is 0 Å². The quantitative estimate of drug-likeness (QED) is 0.149. The van der Waals surface area contributed by atoms with E-state index in [1.807, 2.05) is 18.3 Å². The summed E-state index contributed by atoms with van der Waals surface area (Å²) in [6.07, 6.45) is 4.91. The van der Waals surface area contributed by atoms with E-state index < -0.39 is 0 Å². The molecule has 0 saturated carbocycles. The second-order valence-electron chi connectivity index (χ2n) is 10.1. The van der Waals surface area contributed by atoms with E-state index in [1.165, 1.54) is 39.0 Å². The zero-order valence-electron chi connectivity index (χ0n) is 21.2. The van der Waals surface area contributed by atoms with Crippen LogP contribution in [0.5, 0.6) is 0 Å². The predicted octanol–water partition coefficient (Wildman–Crippen LogP) is 6.59. The standard InChI is InChI=1S/C29H31IN5OP/c1-19(36)20-3-5-21(6-4-20)22-10-13-34(14-11-22)18-25-16-27-26(9-12-31-29(27)33(25)2)23-7-8-28-24(15-23)17-32-35(28)37-30/h3-9,12,15-16,22,32,37H,10-11,13-14,17-18H2,1-2H3. The number of ketones is 1. The number of anilines is 1. The summed E-state index contributed by atoms with van der Waals surface area (Å²) < 4.78 is 4.49. The van der Waals surface area contributed by atoms with Crippen molar-refractivity contribution in [1.82, 2.24) is 19.9 Å². The smallest absolute Gasteiger partial charge is 0.159 e. The number of aryl methyl sites for hydroxylation is 1. The van der Waals surface area contributed by atoms with E-state index >= 15 is 0 Å². The van der Waals surface area contributed by atoms with Crippen LogP contribution in [0, 0.1) is 0 Å². The highest BCUT2D eigenvalue weighted by molar-refractivity contribution is 14.2. The fraction of sp³-hybridized carbons (Fsp3) is 0.310. The van der Waals surface area contributed by atoms with Crippen molar-refractivity contribution in [3.8, 4) is 11.1 Å². The monoisotopic (exact) mass is 623 g/mol. The van der Waals surface area contributed by atoms with Crippen LogP contribution < -0.4 is 10.2 Å². The fourth-order valence-corrected chi connectivity index (χ4v) is 7.50. The van der Waals surface area contributed by atoms with E-state index in [2.05, 4.69) is 91.2 Å². The number of hydrogen-bond donors (Lipinski definition) is 1. The Labute approximate surface area is 232 Å². The van der Waals surface area contributed by atoms with E-state index in [1.54, 1.807) is 6.92 Å². The third-order valence-corrected chi connectivity index (χ3v) is 9.95. The molecule has 1 N–H and O–H groups in total. The van der Waals surface area contributed by atoms with E-state index in [-0.39, 0.29) is 5.78 Å². The molecular weight excluding hydrogens is 592 g/mol. The highest BCUT2D eigenvalue weighted by atomic mass is 127. The first-order chi connectivity index (χ1) is 18.0. The van der Waals surface area contributed by atoms with Gasteiger partial charge in [-0.05, 0) is 107 Å². The number of aromatic nitrogens is 2. The molecule has 6 nitrogen and oxygen atoms in total. The molecule has 0 aliphatic carbocycles. The molecule has 37 heavy (non-hydrogen) atoms. The molecule has 190 valence electrons. The van der Waals surface area contributed by atoms with Crippen LogP contribution >= 0.6 is 28.4 Å².